The maximum absolute atomic E-state index is 5.32. The third-order valence-electron chi connectivity index (χ3n) is 3.21. The van der Waals surface area contributed by atoms with Crippen LogP contribution < -0.4 is 4.74 Å². The van der Waals surface area contributed by atoms with Gasteiger partial charge in [0, 0.05) is 18.4 Å². The van der Waals surface area contributed by atoms with E-state index >= 15 is 0 Å². The molecular weight excluding hydrogens is 228 g/mol. The Labute approximate surface area is 105 Å². The molecule has 0 radical (unpaired) electrons. The highest BCUT2D eigenvalue weighted by Gasteiger charge is 2.22. The quantitative estimate of drug-likeness (QED) is 0.581. The molecule has 17 heavy (non-hydrogen) atoms. The largest absolute Gasteiger partial charge is 0.497 e. The zero-order valence-corrected chi connectivity index (χ0v) is 10.7. The Morgan fingerprint density at radius 2 is 2.12 bits per heavy atom. The van der Waals surface area contributed by atoms with Gasteiger partial charge in [0.2, 0.25) is 4.86 Å². The second-order valence-electron chi connectivity index (χ2n) is 4.27. The Kier molecular flexibility index (Phi) is 2.81. The van der Waals surface area contributed by atoms with Crippen molar-refractivity contribution in [3.63, 3.8) is 0 Å². The van der Waals surface area contributed by atoms with E-state index in [0.29, 0.717) is 0 Å². The molecule has 0 N–H and O–H groups in total. The Morgan fingerprint density at radius 3 is 2.88 bits per heavy atom. The molecular formula is C15H15OS+. The summed E-state index contributed by atoms with van der Waals surface area (Å²) < 4.78 is 5.32. The van der Waals surface area contributed by atoms with E-state index in [9.17, 15) is 0 Å². The molecule has 0 saturated carbocycles. The Hall–Kier alpha value is -1.41. The van der Waals surface area contributed by atoms with Crippen molar-refractivity contribution in [3.05, 3.63) is 42.0 Å². The van der Waals surface area contributed by atoms with Crippen LogP contribution >= 0.6 is 0 Å². The van der Waals surface area contributed by atoms with Crippen LogP contribution in [0.15, 0.2) is 36.4 Å². The number of hydrogen-bond acceptors (Lipinski definition) is 1. The Morgan fingerprint density at radius 1 is 1.18 bits per heavy atom. The average Bonchev–Trinajstić information content (AvgIpc) is 2.91. The van der Waals surface area contributed by atoms with E-state index in [-0.39, 0.29) is 0 Å². The van der Waals surface area contributed by atoms with E-state index in [1.54, 1.807) is 7.11 Å². The van der Waals surface area contributed by atoms with Gasteiger partial charge in [0.05, 0.1) is 7.11 Å². The third kappa shape index (κ3) is 1.93. The number of hydrogen-bond donors (Lipinski definition) is 0. The van der Waals surface area contributed by atoms with E-state index in [4.69, 9.17) is 4.74 Å². The molecule has 0 fully saturated rings. The maximum Gasteiger partial charge on any atom is 0.209 e. The monoisotopic (exact) mass is 243 g/mol. The standard InChI is InChI=1S/C15H15OS/c1-16-12-8-7-11-4-2-5-13(14(11)10-12)15-6-3-9-17-15/h2,4-5,7-8,10H,3,6,9H2,1H3/q+1. The van der Waals surface area contributed by atoms with Crippen molar-refractivity contribution in [1.29, 1.82) is 0 Å². The summed E-state index contributed by atoms with van der Waals surface area (Å²) in [5.74, 6) is 2.20. The molecule has 86 valence electrons. The van der Waals surface area contributed by atoms with Crippen LogP contribution in [0, 0.1) is 0 Å². The predicted molar refractivity (Wildman–Crippen MR) is 76.1 cm³/mol. The molecule has 0 aliphatic carbocycles. The molecule has 1 aliphatic heterocycles. The van der Waals surface area contributed by atoms with Crippen LogP contribution in [0.2, 0.25) is 0 Å². The lowest BCUT2D eigenvalue weighted by atomic mass is 10.00. The van der Waals surface area contributed by atoms with Gasteiger partial charge in [-0.25, -0.2) is 0 Å². The van der Waals surface area contributed by atoms with Crippen molar-refractivity contribution >= 4 is 27.0 Å². The normalized spacial score (nSPS) is 15.0. The first kappa shape index (κ1) is 10.7. The Balaban J connectivity index is 2.22. The molecule has 0 atom stereocenters. The van der Waals surface area contributed by atoms with Crippen LogP contribution in [0.5, 0.6) is 5.75 Å². The van der Waals surface area contributed by atoms with Gasteiger partial charge in [0.1, 0.15) is 5.75 Å². The molecule has 0 spiro atoms. The van der Waals surface area contributed by atoms with Gasteiger partial charge in [-0.15, -0.1) is 0 Å². The molecule has 2 aromatic carbocycles. The van der Waals surface area contributed by atoms with Crippen molar-refractivity contribution in [3.8, 4) is 5.75 Å². The minimum Gasteiger partial charge on any atom is -0.497 e. The topological polar surface area (TPSA) is 9.23 Å². The molecule has 0 amide bonds. The highest BCUT2D eigenvalue weighted by molar-refractivity contribution is 7.79. The summed E-state index contributed by atoms with van der Waals surface area (Å²) in [5, 5.41) is 2.61. The van der Waals surface area contributed by atoms with Crippen LogP contribution in [-0.2, 0) is 11.4 Å². The number of rotatable bonds is 2. The van der Waals surface area contributed by atoms with Gasteiger partial charge >= 0.3 is 0 Å². The van der Waals surface area contributed by atoms with E-state index in [0.717, 1.165) is 5.75 Å². The van der Waals surface area contributed by atoms with Crippen LogP contribution in [0.1, 0.15) is 18.4 Å². The minimum atomic E-state index is 0.938. The van der Waals surface area contributed by atoms with Crippen LogP contribution in [-0.4, -0.2) is 17.7 Å². The highest BCUT2D eigenvalue weighted by Crippen LogP contribution is 2.26. The van der Waals surface area contributed by atoms with E-state index < -0.39 is 0 Å². The van der Waals surface area contributed by atoms with Gasteiger partial charge in [-0.05, 0) is 29.0 Å². The predicted octanol–water partition coefficient (Wildman–Crippen LogP) is 3.25. The van der Waals surface area contributed by atoms with Gasteiger partial charge in [0.15, 0.2) is 17.1 Å². The van der Waals surface area contributed by atoms with Gasteiger partial charge in [-0.2, -0.15) is 0 Å². The van der Waals surface area contributed by atoms with Crippen LogP contribution in [0.3, 0.4) is 0 Å². The molecule has 1 nitrogen and oxygen atoms in total. The first-order valence-corrected chi connectivity index (χ1v) is 6.93. The molecule has 0 bridgehead atoms. The van der Waals surface area contributed by atoms with Gasteiger partial charge < -0.3 is 4.74 Å². The summed E-state index contributed by atoms with van der Waals surface area (Å²) in [6.07, 6.45) is 2.53. The van der Waals surface area contributed by atoms with Crippen molar-refractivity contribution in [1.82, 2.24) is 0 Å². The SMILES string of the molecule is COc1ccc2cccc(C3=[S+]CCC3)c2c1. The van der Waals surface area contributed by atoms with Crippen molar-refractivity contribution in [2.45, 2.75) is 12.8 Å². The molecule has 2 heteroatoms. The minimum absolute atomic E-state index is 0.938. The van der Waals surface area contributed by atoms with Crippen LogP contribution in [0.4, 0.5) is 0 Å². The second kappa shape index (κ2) is 4.46. The fourth-order valence-corrected chi connectivity index (χ4v) is 3.49. The number of ether oxygens (including phenoxy) is 1. The second-order valence-corrected chi connectivity index (χ2v) is 5.46. The molecule has 0 aromatic heterocycles. The molecule has 1 aliphatic rings. The highest BCUT2D eigenvalue weighted by atomic mass is 32.1. The Bertz CT molecular complexity index is 586. The zero-order valence-electron chi connectivity index (χ0n) is 9.90. The lowest BCUT2D eigenvalue weighted by molar-refractivity contribution is 0.415. The fourth-order valence-electron chi connectivity index (χ4n) is 2.33. The van der Waals surface area contributed by atoms with Gasteiger partial charge in [-0.1, -0.05) is 18.2 Å². The van der Waals surface area contributed by atoms with E-state index in [2.05, 4.69) is 30.3 Å². The van der Waals surface area contributed by atoms with Crippen molar-refractivity contribution in [2.24, 2.45) is 0 Å². The third-order valence-corrected chi connectivity index (χ3v) is 4.48. The molecule has 2 aromatic rings. The van der Waals surface area contributed by atoms with Gasteiger partial charge in [0.25, 0.3) is 0 Å². The average molecular weight is 243 g/mol. The molecule has 0 saturated heterocycles. The van der Waals surface area contributed by atoms with E-state index in [1.807, 2.05) is 17.4 Å². The van der Waals surface area contributed by atoms with Crippen molar-refractivity contribution < 1.29 is 4.74 Å². The lowest BCUT2D eigenvalue weighted by Crippen LogP contribution is -1.98. The molecule has 3 rings (SSSR count). The maximum atomic E-state index is 5.32. The van der Waals surface area contributed by atoms with Crippen molar-refractivity contribution in [2.75, 3.05) is 12.9 Å². The summed E-state index contributed by atoms with van der Waals surface area (Å²) in [7, 11) is 1.72. The molecule has 1 heterocycles. The summed E-state index contributed by atoms with van der Waals surface area (Å²) in [4.78, 5) is 1.53. The first-order valence-electron chi connectivity index (χ1n) is 5.94. The zero-order chi connectivity index (χ0) is 11.7. The van der Waals surface area contributed by atoms with Crippen LogP contribution in [0.25, 0.3) is 10.8 Å². The number of benzene rings is 2. The lowest BCUT2D eigenvalue weighted by Gasteiger charge is -2.05. The number of fused-ring (bicyclic) bond motifs is 1. The summed E-state index contributed by atoms with van der Waals surface area (Å²) in [6.45, 7) is 0. The number of methoxy groups -OCH3 is 1. The fraction of sp³-hybridized carbons (Fsp3) is 0.267. The summed E-state index contributed by atoms with van der Waals surface area (Å²) >= 11 is 2.00. The first-order chi connectivity index (χ1) is 8.38. The molecule has 0 unspecified atom stereocenters. The smallest absolute Gasteiger partial charge is 0.209 e. The van der Waals surface area contributed by atoms with E-state index in [1.165, 1.54) is 39.8 Å². The van der Waals surface area contributed by atoms with Gasteiger partial charge in [-0.3, -0.25) is 0 Å². The summed E-state index contributed by atoms with van der Waals surface area (Å²) in [6, 6.07) is 12.9. The summed E-state index contributed by atoms with van der Waals surface area (Å²) in [5.41, 5.74) is 1.39.